The molecule has 0 radical (unpaired) electrons. The van der Waals surface area contributed by atoms with Gasteiger partial charge in [-0.05, 0) is 25.5 Å². The Balaban J connectivity index is 0.00000169. The van der Waals surface area contributed by atoms with Gasteiger partial charge in [-0.25, -0.2) is 4.98 Å². The number of carbonyl (C=O) groups is 1. The number of halogens is 2. The lowest BCUT2D eigenvalue weighted by Gasteiger charge is -2.36. The summed E-state index contributed by atoms with van der Waals surface area (Å²) in [6.07, 6.45) is 2.24. The molecule has 3 unspecified atom stereocenters. The fourth-order valence-corrected chi connectivity index (χ4v) is 3.12. The first-order valence-electron chi connectivity index (χ1n) is 8.56. The molecule has 26 heavy (non-hydrogen) atoms. The van der Waals surface area contributed by atoms with Crippen LogP contribution in [0.3, 0.4) is 0 Å². The highest BCUT2D eigenvalue weighted by Crippen LogP contribution is 2.18. The number of amides is 1. The first-order valence-corrected chi connectivity index (χ1v) is 8.56. The second-order valence-electron chi connectivity index (χ2n) is 6.49. The van der Waals surface area contributed by atoms with Crippen LogP contribution in [0, 0.1) is 0 Å². The van der Waals surface area contributed by atoms with Gasteiger partial charge in [0.05, 0.1) is 25.4 Å². The molecular weight excluding hydrogens is 379 g/mol. The van der Waals surface area contributed by atoms with E-state index >= 15 is 0 Å². The molecule has 1 aromatic heterocycles. The zero-order valence-corrected chi connectivity index (χ0v) is 16.8. The molecule has 2 aliphatic rings. The lowest BCUT2D eigenvalue weighted by molar-refractivity contribution is -0.126. The number of pyridine rings is 1. The van der Waals surface area contributed by atoms with Crippen molar-refractivity contribution in [2.45, 2.75) is 38.6 Å². The average Bonchev–Trinajstić information content (AvgIpc) is 2.60. The van der Waals surface area contributed by atoms with Gasteiger partial charge in [-0.15, -0.1) is 24.8 Å². The maximum Gasteiger partial charge on any atom is 0.239 e. The topological polar surface area (TPSA) is 75.7 Å². The predicted molar refractivity (Wildman–Crippen MR) is 105 cm³/mol. The minimum atomic E-state index is -0.262. The summed E-state index contributed by atoms with van der Waals surface area (Å²) in [5.41, 5.74) is 0.984. The molecule has 0 aliphatic carbocycles. The molecule has 148 valence electrons. The normalized spacial score (nSPS) is 25.6. The van der Waals surface area contributed by atoms with E-state index in [1.165, 1.54) is 0 Å². The van der Waals surface area contributed by atoms with Crippen molar-refractivity contribution in [3.05, 3.63) is 23.9 Å². The number of morpholine rings is 2. The van der Waals surface area contributed by atoms with Crippen LogP contribution in [0.2, 0.25) is 0 Å². The zero-order valence-electron chi connectivity index (χ0n) is 15.1. The smallest absolute Gasteiger partial charge is 0.239 e. The molecule has 0 saturated carbocycles. The van der Waals surface area contributed by atoms with Crippen molar-refractivity contribution in [3.63, 3.8) is 0 Å². The first kappa shape index (κ1) is 22.9. The van der Waals surface area contributed by atoms with Crippen LogP contribution in [0.5, 0.6) is 0 Å². The number of anilines is 1. The van der Waals surface area contributed by atoms with Gasteiger partial charge in [0.15, 0.2) is 0 Å². The standard InChI is InChI=1S/C17H26N4O3.2ClH/c1-12-9-21(10-13(2)24-12)16-4-3-14(7-19-16)8-20-17(22)15-11-23-6-5-18-15;;/h3-4,7,12-13,15,18H,5-6,8-11H2,1-2H3,(H,20,22);2*1H. The number of nitrogens with one attached hydrogen (secondary N) is 2. The molecule has 0 spiro atoms. The van der Waals surface area contributed by atoms with Gasteiger partial charge in [0.1, 0.15) is 11.9 Å². The van der Waals surface area contributed by atoms with Gasteiger partial charge >= 0.3 is 0 Å². The molecule has 0 bridgehead atoms. The van der Waals surface area contributed by atoms with E-state index in [1.807, 2.05) is 18.3 Å². The van der Waals surface area contributed by atoms with Crippen molar-refractivity contribution in [1.29, 1.82) is 0 Å². The molecule has 7 nitrogen and oxygen atoms in total. The lowest BCUT2D eigenvalue weighted by Crippen LogP contribution is -2.51. The molecule has 2 aliphatic heterocycles. The number of hydrogen-bond acceptors (Lipinski definition) is 6. The Kier molecular flexibility index (Phi) is 9.60. The van der Waals surface area contributed by atoms with Gasteiger partial charge in [0, 0.05) is 32.4 Å². The molecule has 3 atom stereocenters. The molecule has 1 amide bonds. The maximum absolute atomic E-state index is 12.1. The van der Waals surface area contributed by atoms with Crippen LogP contribution in [0.1, 0.15) is 19.4 Å². The average molecular weight is 407 g/mol. The summed E-state index contributed by atoms with van der Waals surface area (Å²) in [6.45, 7) is 8.13. The molecule has 3 heterocycles. The molecule has 2 N–H and O–H groups in total. The third kappa shape index (κ3) is 6.25. The van der Waals surface area contributed by atoms with E-state index in [1.54, 1.807) is 0 Å². The van der Waals surface area contributed by atoms with Crippen LogP contribution in [0.15, 0.2) is 18.3 Å². The number of ether oxygens (including phenoxy) is 2. The molecule has 2 fully saturated rings. The maximum atomic E-state index is 12.1. The van der Waals surface area contributed by atoms with Crippen LogP contribution in [-0.2, 0) is 20.8 Å². The van der Waals surface area contributed by atoms with Gasteiger partial charge in [-0.2, -0.15) is 0 Å². The Morgan fingerprint density at radius 1 is 1.31 bits per heavy atom. The van der Waals surface area contributed by atoms with Crippen molar-refractivity contribution >= 4 is 36.5 Å². The Morgan fingerprint density at radius 2 is 2.04 bits per heavy atom. The van der Waals surface area contributed by atoms with Crippen molar-refractivity contribution in [2.24, 2.45) is 0 Å². The fraction of sp³-hybridized carbons (Fsp3) is 0.647. The number of hydrogen-bond donors (Lipinski definition) is 2. The second kappa shape index (κ2) is 10.9. The summed E-state index contributed by atoms with van der Waals surface area (Å²) < 4.78 is 11.1. The molecule has 9 heteroatoms. The SMILES string of the molecule is CC1CN(c2ccc(CNC(=O)C3COCCN3)cn2)CC(C)O1.Cl.Cl. The second-order valence-corrected chi connectivity index (χ2v) is 6.49. The molecule has 0 aromatic carbocycles. The van der Waals surface area contributed by atoms with Gasteiger partial charge in [-0.1, -0.05) is 6.07 Å². The third-order valence-corrected chi connectivity index (χ3v) is 4.26. The number of carbonyl (C=O) groups excluding carboxylic acids is 1. The molecule has 2 saturated heterocycles. The van der Waals surface area contributed by atoms with Crippen LogP contribution in [0.4, 0.5) is 5.82 Å². The van der Waals surface area contributed by atoms with Gasteiger partial charge in [-0.3, -0.25) is 4.79 Å². The quantitative estimate of drug-likeness (QED) is 0.780. The zero-order chi connectivity index (χ0) is 16.9. The summed E-state index contributed by atoms with van der Waals surface area (Å²) in [4.78, 5) is 18.8. The number of nitrogens with zero attached hydrogens (tertiary/aromatic N) is 2. The first-order chi connectivity index (χ1) is 11.6. The van der Waals surface area contributed by atoms with Crippen molar-refractivity contribution in [3.8, 4) is 0 Å². The summed E-state index contributed by atoms with van der Waals surface area (Å²) in [6, 6.07) is 3.76. The van der Waals surface area contributed by atoms with Crippen molar-refractivity contribution in [1.82, 2.24) is 15.6 Å². The number of rotatable bonds is 4. The minimum absolute atomic E-state index is 0. The third-order valence-electron chi connectivity index (χ3n) is 4.26. The Hall–Kier alpha value is -1.12. The van der Waals surface area contributed by atoms with Gasteiger partial charge in [0.25, 0.3) is 0 Å². The van der Waals surface area contributed by atoms with E-state index in [9.17, 15) is 4.79 Å². The predicted octanol–water partition coefficient (Wildman–Crippen LogP) is 1.14. The summed E-state index contributed by atoms with van der Waals surface area (Å²) in [5.74, 6) is 0.920. The highest BCUT2D eigenvalue weighted by Gasteiger charge is 2.23. The lowest BCUT2D eigenvalue weighted by atomic mass is 10.2. The minimum Gasteiger partial charge on any atom is -0.378 e. The van der Waals surface area contributed by atoms with E-state index in [0.29, 0.717) is 26.3 Å². The summed E-state index contributed by atoms with van der Waals surface area (Å²) in [7, 11) is 0. The largest absolute Gasteiger partial charge is 0.378 e. The summed E-state index contributed by atoms with van der Waals surface area (Å²) in [5, 5.41) is 6.07. The summed E-state index contributed by atoms with van der Waals surface area (Å²) >= 11 is 0. The highest BCUT2D eigenvalue weighted by atomic mass is 35.5. The van der Waals surface area contributed by atoms with E-state index in [0.717, 1.165) is 24.5 Å². The number of aromatic nitrogens is 1. The molecule has 1 aromatic rings. The van der Waals surface area contributed by atoms with Crippen LogP contribution < -0.4 is 15.5 Å². The van der Waals surface area contributed by atoms with Crippen LogP contribution in [-0.4, -0.2) is 62.0 Å². The van der Waals surface area contributed by atoms with Crippen molar-refractivity contribution in [2.75, 3.05) is 37.7 Å². The van der Waals surface area contributed by atoms with E-state index in [4.69, 9.17) is 9.47 Å². The Bertz CT molecular complexity index is 545. The van der Waals surface area contributed by atoms with Crippen molar-refractivity contribution < 1.29 is 14.3 Å². The molecular formula is C17H28Cl2N4O3. The monoisotopic (exact) mass is 406 g/mol. The highest BCUT2D eigenvalue weighted by molar-refractivity contribution is 5.85. The van der Waals surface area contributed by atoms with Gasteiger partial charge < -0.3 is 25.0 Å². The Morgan fingerprint density at radius 3 is 2.62 bits per heavy atom. The van der Waals surface area contributed by atoms with Crippen LogP contribution in [0.25, 0.3) is 0 Å². The fourth-order valence-electron chi connectivity index (χ4n) is 3.12. The van der Waals surface area contributed by atoms with E-state index < -0.39 is 0 Å². The van der Waals surface area contributed by atoms with Gasteiger partial charge in [0.2, 0.25) is 5.91 Å². The van der Waals surface area contributed by atoms with E-state index in [-0.39, 0.29) is 49.0 Å². The van der Waals surface area contributed by atoms with E-state index in [2.05, 4.69) is 34.4 Å². The molecule has 3 rings (SSSR count). The van der Waals surface area contributed by atoms with Crippen LogP contribution >= 0.6 is 24.8 Å². The Labute approximate surface area is 167 Å².